The molecule has 3 aromatic rings. The molecule has 2 aromatic heterocycles. The van der Waals surface area contributed by atoms with Crippen molar-refractivity contribution in [2.24, 2.45) is 12.0 Å². The van der Waals surface area contributed by atoms with Gasteiger partial charge in [-0.05, 0) is 37.8 Å². The number of nitrogens with zero attached hydrogens (tertiary/aromatic N) is 4. The topological polar surface area (TPSA) is 76.4 Å². The van der Waals surface area contributed by atoms with Gasteiger partial charge in [0, 0.05) is 24.0 Å². The van der Waals surface area contributed by atoms with Crippen LogP contribution >= 0.6 is 35.3 Å². The smallest absolute Gasteiger partial charge is 0.191 e. The van der Waals surface area contributed by atoms with Gasteiger partial charge in [0.2, 0.25) is 0 Å². The molecule has 3 rings (SSSR count). The van der Waals surface area contributed by atoms with E-state index in [1.807, 2.05) is 49.7 Å². The third-order valence-corrected chi connectivity index (χ3v) is 5.46. The van der Waals surface area contributed by atoms with Crippen LogP contribution in [-0.2, 0) is 26.6 Å². The summed E-state index contributed by atoms with van der Waals surface area (Å²) < 4.78 is 7.69. The third-order valence-electron chi connectivity index (χ3n) is 4.52. The first-order valence-electron chi connectivity index (χ1n) is 9.77. The molecule has 2 N–H and O–H groups in total. The number of guanidine groups is 1. The standard InChI is InChI=1S/C21H28N6OS.HI/c1-4-28-19-10-6-5-8-17(19)14-23-21(22-12-11-18-9-7-13-29-18)24-15-20-26-25-16(2)27(20)3;/h5-10,13H,4,11-12,14-15H2,1-3H3,(H2,22,23,24);1H. The summed E-state index contributed by atoms with van der Waals surface area (Å²) in [5, 5.41) is 17.2. The van der Waals surface area contributed by atoms with E-state index < -0.39 is 0 Å². The first kappa shape index (κ1) is 24.1. The Balaban J connectivity index is 0.00000320. The highest BCUT2D eigenvalue weighted by Gasteiger charge is 2.07. The van der Waals surface area contributed by atoms with Crippen molar-refractivity contribution < 1.29 is 4.74 Å². The van der Waals surface area contributed by atoms with Gasteiger partial charge in [-0.3, -0.25) is 0 Å². The maximum Gasteiger partial charge on any atom is 0.191 e. The zero-order chi connectivity index (χ0) is 20.5. The molecule has 0 radical (unpaired) electrons. The van der Waals surface area contributed by atoms with Crippen molar-refractivity contribution in [2.75, 3.05) is 13.2 Å². The first-order chi connectivity index (χ1) is 14.2. The van der Waals surface area contributed by atoms with Crippen molar-refractivity contribution >= 4 is 41.3 Å². The quantitative estimate of drug-likeness (QED) is 0.246. The van der Waals surface area contributed by atoms with Crippen molar-refractivity contribution in [3.63, 3.8) is 0 Å². The van der Waals surface area contributed by atoms with Crippen LogP contribution in [0.25, 0.3) is 0 Å². The highest BCUT2D eigenvalue weighted by molar-refractivity contribution is 14.0. The Kier molecular flexibility index (Phi) is 10.1. The SMILES string of the molecule is CCOc1ccccc1CN=C(NCCc1cccs1)NCc1nnc(C)n1C.I. The van der Waals surface area contributed by atoms with E-state index in [1.165, 1.54) is 4.88 Å². The monoisotopic (exact) mass is 540 g/mol. The molecule has 0 atom stereocenters. The summed E-state index contributed by atoms with van der Waals surface area (Å²) in [6.45, 7) is 6.45. The van der Waals surface area contributed by atoms with Gasteiger partial charge in [-0.25, -0.2) is 4.99 Å². The number of benzene rings is 1. The number of nitrogens with one attached hydrogen (secondary N) is 2. The van der Waals surface area contributed by atoms with Gasteiger partial charge in [-0.1, -0.05) is 24.3 Å². The Hall–Kier alpha value is -2.14. The summed E-state index contributed by atoms with van der Waals surface area (Å²) >= 11 is 1.77. The predicted molar refractivity (Wildman–Crippen MR) is 133 cm³/mol. The van der Waals surface area contributed by atoms with Gasteiger partial charge in [0.1, 0.15) is 11.6 Å². The van der Waals surface area contributed by atoms with E-state index in [4.69, 9.17) is 9.73 Å². The molecule has 0 amide bonds. The number of hydrogen-bond donors (Lipinski definition) is 2. The van der Waals surface area contributed by atoms with Crippen LogP contribution in [0.3, 0.4) is 0 Å². The normalized spacial score (nSPS) is 11.1. The lowest BCUT2D eigenvalue weighted by atomic mass is 10.2. The van der Waals surface area contributed by atoms with Crippen LogP contribution in [0.5, 0.6) is 5.75 Å². The molecule has 0 saturated carbocycles. The molecule has 0 aliphatic heterocycles. The van der Waals surface area contributed by atoms with Crippen molar-refractivity contribution in [2.45, 2.75) is 33.4 Å². The fourth-order valence-corrected chi connectivity index (χ4v) is 3.50. The molecule has 30 heavy (non-hydrogen) atoms. The van der Waals surface area contributed by atoms with E-state index in [0.717, 1.165) is 41.9 Å². The van der Waals surface area contributed by atoms with E-state index in [-0.39, 0.29) is 24.0 Å². The van der Waals surface area contributed by atoms with Crippen LogP contribution in [0, 0.1) is 6.92 Å². The molecule has 162 valence electrons. The van der Waals surface area contributed by atoms with E-state index in [1.54, 1.807) is 11.3 Å². The van der Waals surface area contributed by atoms with E-state index in [0.29, 0.717) is 19.7 Å². The number of aromatic nitrogens is 3. The minimum absolute atomic E-state index is 0. The average Bonchev–Trinajstić information content (AvgIpc) is 3.36. The van der Waals surface area contributed by atoms with Crippen LogP contribution in [-0.4, -0.2) is 33.9 Å². The maximum atomic E-state index is 5.72. The lowest BCUT2D eigenvalue weighted by Crippen LogP contribution is -2.38. The lowest BCUT2D eigenvalue weighted by molar-refractivity contribution is 0.336. The second-order valence-electron chi connectivity index (χ2n) is 6.54. The molecule has 7 nitrogen and oxygen atoms in total. The highest BCUT2D eigenvalue weighted by atomic mass is 127. The van der Waals surface area contributed by atoms with E-state index >= 15 is 0 Å². The number of ether oxygens (including phenoxy) is 1. The van der Waals surface area contributed by atoms with Crippen LogP contribution in [0.2, 0.25) is 0 Å². The summed E-state index contributed by atoms with van der Waals surface area (Å²) in [6.07, 6.45) is 0.955. The molecule has 0 saturated heterocycles. The van der Waals surface area contributed by atoms with Gasteiger partial charge < -0.3 is 19.9 Å². The summed E-state index contributed by atoms with van der Waals surface area (Å²) in [7, 11) is 1.96. The summed E-state index contributed by atoms with van der Waals surface area (Å²) in [6, 6.07) is 12.2. The average molecular weight is 540 g/mol. The molecule has 0 aliphatic carbocycles. The largest absolute Gasteiger partial charge is 0.494 e. The van der Waals surface area contributed by atoms with Crippen LogP contribution in [0.1, 0.15) is 29.0 Å². The van der Waals surface area contributed by atoms with Gasteiger partial charge >= 0.3 is 0 Å². The molecule has 0 bridgehead atoms. The van der Waals surface area contributed by atoms with Gasteiger partial charge in [0.25, 0.3) is 0 Å². The summed E-state index contributed by atoms with van der Waals surface area (Å²) in [4.78, 5) is 6.12. The minimum atomic E-state index is 0. The number of thiophene rings is 1. The van der Waals surface area contributed by atoms with Crippen LogP contribution in [0.15, 0.2) is 46.8 Å². The summed E-state index contributed by atoms with van der Waals surface area (Å²) in [5.74, 6) is 3.37. The number of hydrogen-bond acceptors (Lipinski definition) is 5. The molecular formula is C21H29IN6OS. The van der Waals surface area contributed by atoms with Crippen LogP contribution < -0.4 is 15.4 Å². The van der Waals surface area contributed by atoms with Gasteiger partial charge in [0.05, 0.1) is 19.7 Å². The van der Waals surface area contributed by atoms with Crippen molar-refractivity contribution in [1.82, 2.24) is 25.4 Å². The number of para-hydroxylation sites is 1. The molecular weight excluding hydrogens is 511 g/mol. The molecule has 0 fully saturated rings. The Bertz CT molecular complexity index is 925. The molecule has 2 heterocycles. The summed E-state index contributed by atoms with van der Waals surface area (Å²) in [5.41, 5.74) is 1.06. The zero-order valence-electron chi connectivity index (χ0n) is 17.6. The van der Waals surface area contributed by atoms with E-state index in [2.05, 4.69) is 38.3 Å². The fraction of sp³-hybridized carbons (Fsp3) is 0.381. The van der Waals surface area contributed by atoms with Crippen molar-refractivity contribution in [3.8, 4) is 5.75 Å². The van der Waals surface area contributed by atoms with Gasteiger partial charge in [0.15, 0.2) is 11.8 Å². The fourth-order valence-electron chi connectivity index (χ4n) is 2.80. The number of halogens is 1. The van der Waals surface area contributed by atoms with Crippen LogP contribution in [0.4, 0.5) is 0 Å². The Morgan fingerprint density at radius 1 is 1.17 bits per heavy atom. The lowest BCUT2D eigenvalue weighted by Gasteiger charge is -2.13. The second-order valence-corrected chi connectivity index (χ2v) is 7.57. The maximum absolute atomic E-state index is 5.72. The Morgan fingerprint density at radius 2 is 2.00 bits per heavy atom. The minimum Gasteiger partial charge on any atom is -0.494 e. The number of aliphatic imine (C=N–C) groups is 1. The van der Waals surface area contributed by atoms with Gasteiger partial charge in [-0.2, -0.15) is 0 Å². The Labute approximate surface area is 199 Å². The molecule has 0 unspecified atom stereocenters. The van der Waals surface area contributed by atoms with Gasteiger partial charge in [-0.15, -0.1) is 45.5 Å². The first-order valence-corrected chi connectivity index (χ1v) is 10.7. The predicted octanol–water partition coefficient (Wildman–Crippen LogP) is 3.68. The van der Waals surface area contributed by atoms with Crippen molar-refractivity contribution in [1.29, 1.82) is 0 Å². The van der Waals surface area contributed by atoms with E-state index in [9.17, 15) is 0 Å². The third kappa shape index (κ3) is 6.98. The molecule has 1 aromatic carbocycles. The Morgan fingerprint density at radius 3 is 2.70 bits per heavy atom. The number of aryl methyl sites for hydroxylation is 1. The molecule has 0 spiro atoms. The highest BCUT2D eigenvalue weighted by Crippen LogP contribution is 2.18. The van der Waals surface area contributed by atoms with Crippen molar-refractivity contribution in [3.05, 3.63) is 63.9 Å². The zero-order valence-corrected chi connectivity index (χ0v) is 20.7. The second kappa shape index (κ2) is 12.5. The molecule has 9 heteroatoms. The number of rotatable bonds is 9. The molecule has 0 aliphatic rings.